The standard InChI is InChI=1S/C44H60F3N5O11S2/c1-27(2)25-62-40(56)49-33-14-11-9-7-8-10-13-28(3)42(5,39(55)51-65(59,60)41(4)19-20-41)50-37(53)34-24-43(26-52(34)38(33)54)18-17-30-31-23-29(61-21-12-22-64(6,57)58)15-16-32(31)48-36(35(30)63-43)44(45,46)47/h10,13,15-16,23,27-28,33-34H,7-9,11-12,14,17-22,24-26H2,1-6H3,(H,49,56)(H,50,53)(H,51,55)/b13-10-/t28-,33-,34-,42+,43+/m0/s1. The van der Waals surface area contributed by atoms with Crippen LogP contribution in [-0.2, 0) is 51.6 Å². The summed E-state index contributed by atoms with van der Waals surface area (Å²) in [6, 6.07) is 1.63. The van der Waals surface area contributed by atoms with E-state index in [2.05, 4.69) is 20.3 Å². The molecule has 0 radical (unpaired) electrons. The second-order valence-corrected chi connectivity index (χ2v) is 23.3. The molecule has 0 bridgehead atoms. The fourth-order valence-electron chi connectivity index (χ4n) is 8.41. The summed E-state index contributed by atoms with van der Waals surface area (Å²) >= 11 is 0. The molecule has 2 aromatic rings. The van der Waals surface area contributed by atoms with Crippen molar-refractivity contribution in [2.45, 2.75) is 139 Å². The van der Waals surface area contributed by atoms with Crippen molar-refractivity contribution in [3.05, 3.63) is 41.6 Å². The summed E-state index contributed by atoms with van der Waals surface area (Å²) in [6.45, 7) is 7.89. The molecule has 4 amide bonds. The molecule has 4 aliphatic rings. The molecule has 1 saturated carbocycles. The van der Waals surface area contributed by atoms with Crippen molar-refractivity contribution in [3.63, 3.8) is 0 Å². The first kappa shape index (κ1) is 49.8. The molecule has 21 heteroatoms. The van der Waals surface area contributed by atoms with Crippen molar-refractivity contribution >= 4 is 54.6 Å². The molecule has 3 N–H and O–H groups in total. The summed E-state index contributed by atoms with van der Waals surface area (Å²) in [5.41, 5.74) is -4.67. The first-order chi connectivity index (χ1) is 30.3. The van der Waals surface area contributed by atoms with Crippen LogP contribution in [0.3, 0.4) is 0 Å². The third kappa shape index (κ3) is 11.5. The van der Waals surface area contributed by atoms with E-state index in [4.69, 9.17) is 14.2 Å². The highest BCUT2D eigenvalue weighted by Gasteiger charge is 2.57. The number of fused-ring (bicyclic) bond motifs is 4. The van der Waals surface area contributed by atoms with Crippen LogP contribution in [0.2, 0.25) is 0 Å². The van der Waals surface area contributed by atoms with Crippen molar-refractivity contribution in [1.82, 2.24) is 25.2 Å². The number of amides is 4. The number of alkyl carbamates (subject to hydrolysis) is 1. The third-order valence-electron chi connectivity index (χ3n) is 12.9. The zero-order valence-corrected chi connectivity index (χ0v) is 39.3. The number of sulfone groups is 1. The molecule has 4 heterocycles. The molecule has 1 aliphatic carbocycles. The molecule has 3 aliphatic heterocycles. The fraction of sp³-hybridized carbons (Fsp3) is 0.659. The van der Waals surface area contributed by atoms with Gasteiger partial charge >= 0.3 is 12.3 Å². The van der Waals surface area contributed by atoms with Gasteiger partial charge in [-0.05, 0) is 89.3 Å². The maximum atomic E-state index is 14.9. The number of pyridine rings is 1. The van der Waals surface area contributed by atoms with Crippen LogP contribution in [0.15, 0.2) is 30.4 Å². The molecule has 16 nitrogen and oxygen atoms in total. The van der Waals surface area contributed by atoms with Crippen LogP contribution >= 0.6 is 0 Å². The Morgan fingerprint density at radius 3 is 2.46 bits per heavy atom. The van der Waals surface area contributed by atoms with E-state index in [1.807, 2.05) is 19.9 Å². The molecular formula is C44H60F3N5O11S2. The Balaban J connectivity index is 1.39. The van der Waals surface area contributed by atoms with Gasteiger partial charge < -0.3 is 29.7 Å². The van der Waals surface area contributed by atoms with Crippen LogP contribution in [0.5, 0.6) is 11.5 Å². The van der Waals surface area contributed by atoms with E-state index in [0.29, 0.717) is 43.9 Å². The van der Waals surface area contributed by atoms with Gasteiger partial charge in [-0.2, -0.15) is 13.2 Å². The molecule has 0 unspecified atom stereocenters. The molecule has 65 heavy (non-hydrogen) atoms. The molecule has 1 aromatic heterocycles. The number of nitrogens with zero attached hydrogens (tertiary/aromatic N) is 2. The number of hydrogen-bond acceptors (Lipinski definition) is 12. The third-order valence-corrected chi connectivity index (χ3v) is 16.1. The highest BCUT2D eigenvalue weighted by atomic mass is 32.2. The number of halogens is 3. The van der Waals surface area contributed by atoms with Crippen molar-refractivity contribution in [3.8, 4) is 11.5 Å². The lowest BCUT2D eigenvalue weighted by atomic mass is 9.84. The van der Waals surface area contributed by atoms with E-state index in [1.165, 1.54) is 36.9 Å². The number of nitrogens with one attached hydrogen (secondary N) is 3. The van der Waals surface area contributed by atoms with Gasteiger partial charge in [0.05, 0.1) is 35.8 Å². The van der Waals surface area contributed by atoms with E-state index >= 15 is 0 Å². The molecule has 1 spiro atoms. The number of aromatic nitrogens is 1. The Labute approximate surface area is 378 Å². The Bertz CT molecular complexity index is 2430. The monoisotopic (exact) mass is 955 g/mol. The number of carbonyl (C=O) groups is 4. The number of carbonyl (C=O) groups excluding carboxylic acids is 4. The Kier molecular flexibility index (Phi) is 14.5. The maximum absolute atomic E-state index is 14.9. The average molecular weight is 956 g/mol. The lowest BCUT2D eigenvalue weighted by Gasteiger charge is -2.37. The van der Waals surface area contributed by atoms with Gasteiger partial charge in [-0.3, -0.25) is 19.1 Å². The highest BCUT2D eigenvalue weighted by Crippen LogP contribution is 2.49. The summed E-state index contributed by atoms with van der Waals surface area (Å²) in [4.78, 5) is 62.0. The molecule has 2 fully saturated rings. The number of aryl methyl sites for hydroxylation is 1. The van der Waals surface area contributed by atoms with Gasteiger partial charge in [0, 0.05) is 29.5 Å². The number of hydrogen-bond donors (Lipinski definition) is 3. The Morgan fingerprint density at radius 1 is 1.08 bits per heavy atom. The molecular weight excluding hydrogens is 896 g/mol. The largest absolute Gasteiger partial charge is 0.494 e. The molecule has 5 atom stereocenters. The van der Waals surface area contributed by atoms with Gasteiger partial charge in [-0.1, -0.05) is 45.8 Å². The minimum atomic E-state index is -5.00. The summed E-state index contributed by atoms with van der Waals surface area (Å²) in [5.74, 6) is -3.87. The van der Waals surface area contributed by atoms with Gasteiger partial charge in [0.15, 0.2) is 11.4 Å². The Hall–Kier alpha value is -4.66. The van der Waals surface area contributed by atoms with E-state index in [0.717, 1.165) is 6.26 Å². The second kappa shape index (κ2) is 18.9. The van der Waals surface area contributed by atoms with Crippen LogP contribution in [-0.4, -0.2) is 110 Å². The summed E-state index contributed by atoms with van der Waals surface area (Å²) < 4.78 is 113. The Morgan fingerprint density at radius 2 is 1.80 bits per heavy atom. The van der Waals surface area contributed by atoms with Gasteiger partial charge in [-0.25, -0.2) is 26.6 Å². The predicted molar refractivity (Wildman–Crippen MR) is 234 cm³/mol. The summed E-state index contributed by atoms with van der Waals surface area (Å²) in [5, 5.41) is 5.70. The van der Waals surface area contributed by atoms with Crippen LogP contribution in [0, 0.1) is 11.8 Å². The van der Waals surface area contributed by atoms with Gasteiger partial charge in [-0.15, -0.1) is 0 Å². The van der Waals surface area contributed by atoms with Crippen molar-refractivity contribution in [2.75, 3.05) is 31.8 Å². The highest BCUT2D eigenvalue weighted by molar-refractivity contribution is 7.91. The van der Waals surface area contributed by atoms with Crippen molar-refractivity contribution < 1.29 is 63.4 Å². The summed E-state index contributed by atoms with van der Waals surface area (Å²) in [7, 11) is -7.42. The number of sulfonamides is 1. The quantitative estimate of drug-likeness (QED) is 0.188. The second-order valence-electron chi connectivity index (χ2n) is 18.9. The summed E-state index contributed by atoms with van der Waals surface area (Å²) in [6.07, 6.45) is 1.74. The predicted octanol–water partition coefficient (Wildman–Crippen LogP) is 5.51. The smallest absolute Gasteiger partial charge is 0.437 e. The van der Waals surface area contributed by atoms with E-state index in [-0.39, 0.29) is 73.8 Å². The SMILES string of the molecule is CC(C)COC(=O)N[C@H]1CCCCC/C=C\[C@H](C)[C@](C)(C(=O)NS(=O)(=O)C2(C)CC2)NC(=O)[C@@H]2C[C@]3(CCc4c(c(C(F)(F)F)nc5ccc(OCCCS(C)(=O)=O)cc45)O3)CN2C1=O. The minimum absolute atomic E-state index is 0.00412. The van der Waals surface area contributed by atoms with Crippen LogP contribution < -0.4 is 24.8 Å². The lowest BCUT2D eigenvalue weighted by molar-refractivity contribution is -0.144. The van der Waals surface area contributed by atoms with Gasteiger partial charge in [0.2, 0.25) is 21.8 Å². The fourth-order valence-corrected chi connectivity index (χ4v) is 10.4. The van der Waals surface area contributed by atoms with Crippen molar-refractivity contribution in [1.29, 1.82) is 0 Å². The number of alkyl halides is 3. The minimum Gasteiger partial charge on any atom is -0.494 e. The van der Waals surface area contributed by atoms with Crippen LogP contribution in [0.4, 0.5) is 18.0 Å². The van der Waals surface area contributed by atoms with Crippen LogP contribution in [0.25, 0.3) is 10.9 Å². The number of benzene rings is 1. The topological polar surface area (TPSA) is 216 Å². The average Bonchev–Trinajstić information content (AvgIpc) is 3.88. The van der Waals surface area contributed by atoms with E-state index in [1.54, 1.807) is 13.0 Å². The molecule has 1 saturated heterocycles. The molecule has 1 aromatic carbocycles. The number of ether oxygens (including phenoxy) is 3. The lowest BCUT2D eigenvalue weighted by Crippen LogP contribution is -2.64. The van der Waals surface area contributed by atoms with Gasteiger partial charge in [0.1, 0.15) is 38.8 Å². The van der Waals surface area contributed by atoms with Crippen LogP contribution in [0.1, 0.15) is 110 Å². The first-order valence-corrected chi connectivity index (χ1v) is 25.6. The van der Waals surface area contributed by atoms with E-state index < -0.39 is 102 Å². The number of allylic oxidation sites excluding steroid dienone is 1. The molecule has 6 rings (SSSR count). The zero-order valence-electron chi connectivity index (χ0n) is 37.6. The zero-order chi connectivity index (χ0) is 47.8. The van der Waals surface area contributed by atoms with E-state index in [9.17, 15) is 49.2 Å². The number of rotatable bonds is 11. The van der Waals surface area contributed by atoms with Crippen molar-refractivity contribution in [2.24, 2.45) is 11.8 Å². The van der Waals surface area contributed by atoms with Gasteiger partial charge in [0.25, 0.3) is 5.91 Å². The molecule has 360 valence electrons. The first-order valence-electron chi connectivity index (χ1n) is 22.1. The maximum Gasteiger partial charge on any atom is 0.437 e. The normalized spacial score (nSPS) is 26.8.